The Labute approximate surface area is 96.9 Å². The highest BCUT2D eigenvalue weighted by Gasteiger charge is 2.18. The molecule has 0 aliphatic carbocycles. The first-order valence-electron chi connectivity index (χ1n) is 4.87. The molecule has 0 radical (unpaired) electrons. The van der Waals surface area contributed by atoms with Gasteiger partial charge in [0, 0.05) is 16.5 Å². The Morgan fingerprint density at radius 2 is 2.20 bits per heavy atom. The maximum absolute atomic E-state index is 11.4. The number of ether oxygens (including phenoxy) is 1. The molecule has 1 heterocycles. The van der Waals surface area contributed by atoms with Gasteiger partial charge < -0.3 is 10.1 Å². The Morgan fingerprint density at radius 1 is 1.40 bits per heavy atom. The zero-order valence-corrected chi connectivity index (χ0v) is 10.1. The van der Waals surface area contributed by atoms with Gasteiger partial charge >= 0.3 is 0 Å². The first-order valence-corrected chi connectivity index (χ1v) is 5.67. The second-order valence-electron chi connectivity index (χ2n) is 3.50. The molecule has 0 spiro atoms. The molecule has 0 atom stereocenters. The van der Waals surface area contributed by atoms with Crippen LogP contribution in [0.15, 0.2) is 16.6 Å². The maximum atomic E-state index is 11.4. The van der Waals surface area contributed by atoms with Crippen LogP contribution in [-0.4, -0.2) is 13.0 Å². The predicted octanol–water partition coefficient (Wildman–Crippen LogP) is 2.73. The number of rotatable bonds is 1. The van der Waals surface area contributed by atoms with Crippen molar-refractivity contribution in [2.45, 2.75) is 19.3 Å². The summed E-state index contributed by atoms with van der Waals surface area (Å²) in [6, 6.07) is 3.81. The van der Waals surface area contributed by atoms with Crippen molar-refractivity contribution in [3.05, 3.63) is 22.2 Å². The van der Waals surface area contributed by atoms with Gasteiger partial charge in [-0.05, 0) is 40.9 Å². The normalized spacial score (nSPS) is 15.2. The summed E-state index contributed by atoms with van der Waals surface area (Å²) in [5.74, 6) is 0.915. The van der Waals surface area contributed by atoms with Gasteiger partial charge in [0.05, 0.1) is 12.8 Å². The summed E-state index contributed by atoms with van der Waals surface area (Å²) in [7, 11) is 1.65. The molecule has 1 amide bonds. The molecule has 0 fully saturated rings. The van der Waals surface area contributed by atoms with Crippen molar-refractivity contribution in [1.29, 1.82) is 0 Å². The van der Waals surface area contributed by atoms with E-state index in [1.807, 2.05) is 12.1 Å². The number of amides is 1. The molecule has 3 nitrogen and oxygen atoms in total. The van der Waals surface area contributed by atoms with Gasteiger partial charge in [0.2, 0.25) is 5.91 Å². The van der Waals surface area contributed by atoms with E-state index in [-0.39, 0.29) is 5.91 Å². The van der Waals surface area contributed by atoms with Crippen LogP contribution in [0.5, 0.6) is 5.75 Å². The lowest BCUT2D eigenvalue weighted by atomic mass is 10.1. The minimum Gasteiger partial charge on any atom is -0.496 e. The summed E-state index contributed by atoms with van der Waals surface area (Å²) >= 11 is 3.44. The topological polar surface area (TPSA) is 38.3 Å². The third-order valence-electron chi connectivity index (χ3n) is 2.53. The Bertz CT molecular complexity index is 404. The van der Waals surface area contributed by atoms with Crippen molar-refractivity contribution in [3.63, 3.8) is 0 Å². The fourth-order valence-electron chi connectivity index (χ4n) is 1.80. The number of nitrogens with one attached hydrogen (secondary N) is 1. The van der Waals surface area contributed by atoms with E-state index in [1.54, 1.807) is 7.11 Å². The fourth-order valence-corrected chi connectivity index (χ4v) is 2.27. The summed E-state index contributed by atoms with van der Waals surface area (Å²) in [4.78, 5) is 11.4. The number of benzene rings is 1. The van der Waals surface area contributed by atoms with E-state index in [4.69, 9.17) is 4.74 Å². The molecule has 4 heteroatoms. The molecule has 1 N–H and O–H groups in total. The number of carbonyl (C=O) groups excluding carboxylic acids is 1. The SMILES string of the molecule is COc1ccc(Br)c2c1CCCC(=O)N2. The summed E-state index contributed by atoms with van der Waals surface area (Å²) in [6.45, 7) is 0. The van der Waals surface area contributed by atoms with Crippen LogP contribution in [0, 0.1) is 0 Å². The van der Waals surface area contributed by atoms with Gasteiger partial charge in [-0.2, -0.15) is 0 Å². The average Bonchev–Trinajstić information content (AvgIpc) is 2.41. The van der Waals surface area contributed by atoms with Crippen LogP contribution in [-0.2, 0) is 11.2 Å². The fraction of sp³-hybridized carbons (Fsp3) is 0.364. The van der Waals surface area contributed by atoms with E-state index in [0.29, 0.717) is 6.42 Å². The first-order chi connectivity index (χ1) is 7.22. The van der Waals surface area contributed by atoms with Crippen molar-refractivity contribution in [2.75, 3.05) is 12.4 Å². The van der Waals surface area contributed by atoms with Gasteiger partial charge in [-0.1, -0.05) is 0 Å². The number of anilines is 1. The van der Waals surface area contributed by atoms with Gasteiger partial charge in [0.1, 0.15) is 5.75 Å². The molecule has 0 bridgehead atoms. The quantitative estimate of drug-likeness (QED) is 0.852. The minimum atomic E-state index is 0.0719. The smallest absolute Gasteiger partial charge is 0.224 e. The highest BCUT2D eigenvalue weighted by molar-refractivity contribution is 9.10. The Kier molecular flexibility index (Phi) is 2.95. The number of fused-ring (bicyclic) bond motifs is 1. The van der Waals surface area contributed by atoms with E-state index in [9.17, 15) is 4.79 Å². The number of hydrogen-bond acceptors (Lipinski definition) is 2. The average molecular weight is 270 g/mol. The Hall–Kier alpha value is -1.03. The lowest BCUT2D eigenvalue weighted by Crippen LogP contribution is -2.09. The van der Waals surface area contributed by atoms with Crippen molar-refractivity contribution in [3.8, 4) is 5.75 Å². The van der Waals surface area contributed by atoms with Crippen LogP contribution < -0.4 is 10.1 Å². The molecule has 0 aromatic heterocycles. The first kappa shape index (κ1) is 10.5. The van der Waals surface area contributed by atoms with Crippen LogP contribution in [0.25, 0.3) is 0 Å². The van der Waals surface area contributed by atoms with Gasteiger partial charge in [0.25, 0.3) is 0 Å². The predicted molar refractivity (Wildman–Crippen MR) is 62.3 cm³/mol. The van der Waals surface area contributed by atoms with E-state index >= 15 is 0 Å². The second kappa shape index (κ2) is 4.23. The highest BCUT2D eigenvalue weighted by Crippen LogP contribution is 2.36. The molecule has 1 aliphatic rings. The van der Waals surface area contributed by atoms with Crippen LogP contribution >= 0.6 is 15.9 Å². The summed E-state index contributed by atoms with van der Waals surface area (Å²) < 4.78 is 6.20. The third kappa shape index (κ3) is 2.00. The molecule has 0 saturated carbocycles. The monoisotopic (exact) mass is 269 g/mol. The van der Waals surface area contributed by atoms with Crippen molar-refractivity contribution in [1.82, 2.24) is 0 Å². The molecule has 1 aromatic carbocycles. The molecule has 2 rings (SSSR count). The van der Waals surface area contributed by atoms with Gasteiger partial charge in [-0.25, -0.2) is 0 Å². The summed E-state index contributed by atoms with van der Waals surface area (Å²) in [6.07, 6.45) is 2.31. The largest absolute Gasteiger partial charge is 0.496 e. The third-order valence-corrected chi connectivity index (χ3v) is 3.19. The molecule has 80 valence electrons. The van der Waals surface area contributed by atoms with E-state index in [2.05, 4.69) is 21.2 Å². The van der Waals surface area contributed by atoms with Crippen molar-refractivity contribution in [2.24, 2.45) is 0 Å². The van der Waals surface area contributed by atoms with Crippen molar-refractivity contribution >= 4 is 27.5 Å². The van der Waals surface area contributed by atoms with Crippen LogP contribution in [0.3, 0.4) is 0 Å². The van der Waals surface area contributed by atoms with Crippen LogP contribution in [0.4, 0.5) is 5.69 Å². The second-order valence-corrected chi connectivity index (χ2v) is 4.36. The molecule has 1 aromatic rings. The van der Waals surface area contributed by atoms with Crippen molar-refractivity contribution < 1.29 is 9.53 Å². The van der Waals surface area contributed by atoms with E-state index < -0.39 is 0 Å². The van der Waals surface area contributed by atoms with Gasteiger partial charge in [-0.15, -0.1) is 0 Å². The minimum absolute atomic E-state index is 0.0719. The lowest BCUT2D eigenvalue weighted by Gasteiger charge is -2.13. The molecule has 1 aliphatic heterocycles. The van der Waals surface area contributed by atoms with Crippen LogP contribution in [0.1, 0.15) is 18.4 Å². The standard InChI is InChI=1S/C11H12BrNO2/c1-15-9-6-5-8(12)11-7(9)3-2-4-10(14)13-11/h5-6H,2-4H2,1H3,(H,13,14). The zero-order valence-electron chi connectivity index (χ0n) is 8.47. The summed E-state index contributed by atoms with van der Waals surface area (Å²) in [5, 5.41) is 2.90. The molecular formula is C11H12BrNO2. The molecular weight excluding hydrogens is 258 g/mol. The Balaban J connectivity index is 2.52. The van der Waals surface area contributed by atoms with Gasteiger partial charge in [-0.3, -0.25) is 4.79 Å². The van der Waals surface area contributed by atoms with Gasteiger partial charge in [0.15, 0.2) is 0 Å². The lowest BCUT2D eigenvalue weighted by molar-refractivity contribution is -0.116. The molecule has 15 heavy (non-hydrogen) atoms. The zero-order chi connectivity index (χ0) is 10.8. The highest BCUT2D eigenvalue weighted by atomic mass is 79.9. The Morgan fingerprint density at radius 3 is 2.93 bits per heavy atom. The van der Waals surface area contributed by atoms with E-state index in [0.717, 1.165) is 34.3 Å². The molecule has 0 unspecified atom stereocenters. The van der Waals surface area contributed by atoms with E-state index in [1.165, 1.54) is 0 Å². The van der Waals surface area contributed by atoms with Crippen LogP contribution in [0.2, 0.25) is 0 Å². The maximum Gasteiger partial charge on any atom is 0.224 e. The number of halogens is 1. The number of carbonyl (C=O) groups is 1. The number of methoxy groups -OCH3 is 1. The molecule has 0 saturated heterocycles. The summed E-state index contributed by atoms with van der Waals surface area (Å²) in [5.41, 5.74) is 1.94. The number of hydrogen-bond donors (Lipinski definition) is 1.